The number of carbonyl (C=O) groups excluding carboxylic acids is 1. The van der Waals surface area contributed by atoms with Gasteiger partial charge in [-0.1, -0.05) is 0 Å². The summed E-state index contributed by atoms with van der Waals surface area (Å²) in [6, 6.07) is 1.51. The van der Waals surface area contributed by atoms with Crippen molar-refractivity contribution in [1.82, 2.24) is 19.9 Å². The Bertz CT molecular complexity index is 770. The Balaban J connectivity index is 2.11. The van der Waals surface area contributed by atoms with E-state index in [9.17, 15) is 14.0 Å². The molecule has 1 aliphatic rings. The fourth-order valence-electron chi connectivity index (χ4n) is 2.30. The molecule has 21 heavy (non-hydrogen) atoms. The third kappa shape index (κ3) is 2.08. The number of nitrogens with one attached hydrogen (secondary N) is 1. The van der Waals surface area contributed by atoms with E-state index in [2.05, 4.69) is 19.9 Å². The quantitative estimate of drug-likeness (QED) is 0.825. The second kappa shape index (κ2) is 4.44. The van der Waals surface area contributed by atoms with E-state index in [-0.39, 0.29) is 12.1 Å². The Labute approximate surface area is 118 Å². The monoisotopic (exact) mass is 289 g/mol. The van der Waals surface area contributed by atoms with E-state index in [1.54, 1.807) is 6.92 Å². The Morgan fingerprint density at radius 2 is 2.24 bits per heavy atom. The lowest BCUT2D eigenvalue weighted by atomic mass is 9.99. The summed E-state index contributed by atoms with van der Waals surface area (Å²) in [5.74, 6) is -0.355. The Hall–Kier alpha value is -2.64. The lowest BCUT2D eigenvalue weighted by Crippen LogP contribution is -2.32. The summed E-state index contributed by atoms with van der Waals surface area (Å²) >= 11 is 0. The number of primary amides is 1. The second-order valence-electron chi connectivity index (χ2n) is 5.00. The van der Waals surface area contributed by atoms with Crippen molar-refractivity contribution in [2.75, 3.05) is 0 Å². The summed E-state index contributed by atoms with van der Waals surface area (Å²) in [5.41, 5.74) is 4.71. The topological polar surface area (TPSA) is 115 Å². The number of aromatic nitrogens is 4. The molecule has 1 saturated carbocycles. The van der Waals surface area contributed by atoms with Crippen molar-refractivity contribution >= 4 is 5.91 Å². The lowest BCUT2D eigenvalue weighted by molar-refractivity contribution is -0.120. The van der Waals surface area contributed by atoms with E-state index >= 15 is 0 Å². The van der Waals surface area contributed by atoms with Crippen molar-refractivity contribution in [2.24, 2.45) is 5.73 Å². The molecule has 2 aromatic heterocycles. The first-order valence-corrected chi connectivity index (χ1v) is 6.29. The first-order valence-electron chi connectivity index (χ1n) is 6.29. The highest BCUT2D eigenvalue weighted by Crippen LogP contribution is 2.50. The zero-order chi connectivity index (χ0) is 15.2. The molecule has 108 valence electrons. The minimum Gasteiger partial charge on any atom is -0.369 e. The summed E-state index contributed by atoms with van der Waals surface area (Å²) in [5, 5.41) is 0. The predicted molar refractivity (Wildman–Crippen MR) is 71.0 cm³/mol. The molecule has 2 atom stereocenters. The smallest absolute Gasteiger partial charge is 0.344 e. The van der Waals surface area contributed by atoms with Crippen LogP contribution in [-0.4, -0.2) is 32.0 Å². The van der Waals surface area contributed by atoms with E-state index < -0.39 is 23.2 Å². The minimum absolute atomic E-state index is 0.0299. The van der Waals surface area contributed by atoms with Crippen LogP contribution in [0.5, 0.6) is 0 Å². The van der Waals surface area contributed by atoms with Crippen molar-refractivity contribution in [3.8, 4) is 11.3 Å². The number of H-pyrrole nitrogens is 1. The fourth-order valence-corrected chi connectivity index (χ4v) is 2.30. The van der Waals surface area contributed by atoms with E-state index in [0.29, 0.717) is 17.1 Å². The molecule has 7 nitrogen and oxygen atoms in total. The third-order valence-corrected chi connectivity index (χ3v) is 3.58. The molecule has 0 aromatic carbocycles. The van der Waals surface area contributed by atoms with Crippen LogP contribution in [0.15, 0.2) is 23.3 Å². The molecule has 0 spiro atoms. The van der Waals surface area contributed by atoms with Crippen molar-refractivity contribution < 1.29 is 9.18 Å². The van der Waals surface area contributed by atoms with Crippen LogP contribution in [-0.2, 0) is 10.2 Å². The number of alkyl halides is 1. The van der Waals surface area contributed by atoms with Gasteiger partial charge in [-0.2, -0.15) is 0 Å². The second-order valence-corrected chi connectivity index (χ2v) is 5.00. The normalized spacial score (nSPS) is 23.8. The molecule has 0 saturated heterocycles. The van der Waals surface area contributed by atoms with Gasteiger partial charge in [0.25, 0.3) is 0 Å². The summed E-state index contributed by atoms with van der Waals surface area (Å²) in [7, 11) is 0. The number of nitrogens with two attached hydrogens (primary N) is 1. The van der Waals surface area contributed by atoms with Gasteiger partial charge in [-0.05, 0) is 13.0 Å². The molecular formula is C13H12FN5O2. The summed E-state index contributed by atoms with van der Waals surface area (Å²) in [4.78, 5) is 36.9. The molecule has 2 aromatic rings. The van der Waals surface area contributed by atoms with Gasteiger partial charge in [0.05, 0.1) is 11.4 Å². The van der Waals surface area contributed by atoms with E-state index in [0.717, 1.165) is 0 Å². The van der Waals surface area contributed by atoms with Crippen molar-refractivity contribution in [3.63, 3.8) is 0 Å². The molecule has 0 bridgehead atoms. The van der Waals surface area contributed by atoms with Crippen LogP contribution in [0.25, 0.3) is 11.3 Å². The van der Waals surface area contributed by atoms with Gasteiger partial charge in [0.2, 0.25) is 5.91 Å². The number of halogens is 1. The molecule has 1 amide bonds. The Morgan fingerprint density at radius 3 is 2.76 bits per heavy atom. The van der Waals surface area contributed by atoms with E-state index in [1.807, 2.05) is 0 Å². The zero-order valence-corrected chi connectivity index (χ0v) is 11.1. The third-order valence-electron chi connectivity index (χ3n) is 3.58. The van der Waals surface area contributed by atoms with Gasteiger partial charge < -0.3 is 10.7 Å². The van der Waals surface area contributed by atoms with Gasteiger partial charge in [-0.3, -0.25) is 4.79 Å². The molecule has 0 aliphatic heterocycles. The van der Waals surface area contributed by atoms with Gasteiger partial charge in [0.1, 0.15) is 17.4 Å². The minimum atomic E-state index is -1.36. The molecule has 1 aliphatic carbocycles. The molecule has 8 heteroatoms. The number of hydrogen-bond donors (Lipinski definition) is 2. The summed E-state index contributed by atoms with van der Waals surface area (Å²) < 4.78 is 13.7. The molecule has 0 radical (unpaired) electrons. The van der Waals surface area contributed by atoms with Gasteiger partial charge >= 0.3 is 5.69 Å². The highest BCUT2D eigenvalue weighted by atomic mass is 19.1. The van der Waals surface area contributed by atoms with Crippen LogP contribution in [0.2, 0.25) is 0 Å². The van der Waals surface area contributed by atoms with Gasteiger partial charge in [0, 0.05) is 24.4 Å². The summed E-state index contributed by atoms with van der Waals surface area (Å²) in [6.45, 7) is 1.64. The first-order chi connectivity index (χ1) is 9.93. The van der Waals surface area contributed by atoms with E-state index in [4.69, 9.17) is 5.73 Å². The number of rotatable bonds is 3. The van der Waals surface area contributed by atoms with Gasteiger partial charge in [-0.25, -0.2) is 24.1 Å². The fraction of sp³-hybridized carbons (Fsp3) is 0.308. The first kappa shape index (κ1) is 13.3. The highest BCUT2D eigenvalue weighted by Gasteiger charge is 2.63. The maximum atomic E-state index is 13.7. The number of aryl methyl sites for hydroxylation is 1. The Kier molecular flexibility index (Phi) is 2.82. The number of hydrogen-bond acceptors (Lipinski definition) is 5. The van der Waals surface area contributed by atoms with Crippen LogP contribution in [0, 0.1) is 6.92 Å². The largest absolute Gasteiger partial charge is 0.369 e. The van der Waals surface area contributed by atoms with E-state index in [1.165, 1.54) is 18.5 Å². The molecule has 1 fully saturated rings. The lowest BCUT2D eigenvalue weighted by Gasteiger charge is -2.12. The zero-order valence-electron chi connectivity index (χ0n) is 11.1. The average Bonchev–Trinajstić information content (AvgIpc) is 3.12. The van der Waals surface area contributed by atoms with Gasteiger partial charge in [0.15, 0.2) is 0 Å². The SMILES string of the molecule is Cc1nc(-c2cnc(=O)[nH]c2)cc(C2(C(N)=O)CC2F)n1. The van der Waals surface area contributed by atoms with Crippen LogP contribution >= 0.6 is 0 Å². The Morgan fingerprint density at radius 1 is 1.52 bits per heavy atom. The standard InChI is InChI=1S/C13H12FN5O2/c1-6-18-8(7-4-16-12(21)17-5-7)2-10(19-6)13(11(15)20)3-9(13)14/h2,4-5,9H,3H2,1H3,(H2,15,20)(H,16,17,21). The highest BCUT2D eigenvalue weighted by molar-refractivity contribution is 5.91. The molecule has 3 rings (SSSR count). The number of amides is 1. The van der Waals surface area contributed by atoms with Crippen LogP contribution in [0.1, 0.15) is 17.9 Å². The maximum Gasteiger partial charge on any atom is 0.344 e. The van der Waals surface area contributed by atoms with Crippen LogP contribution < -0.4 is 11.4 Å². The molecule has 2 heterocycles. The molecule has 3 N–H and O–H groups in total. The van der Waals surface area contributed by atoms with Gasteiger partial charge in [-0.15, -0.1) is 0 Å². The number of carbonyl (C=O) groups is 1. The summed E-state index contributed by atoms with van der Waals surface area (Å²) in [6.07, 6.45) is 1.49. The maximum absolute atomic E-state index is 13.7. The van der Waals surface area contributed by atoms with Crippen molar-refractivity contribution in [3.05, 3.63) is 40.5 Å². The molecular weight excluding hydrogens is 277 g/mol. The van der Waals surface area contributed by atoms with Crippen molar-refractivity contribution in [2.45, 2.75) is 24.9 Å². The number of nitrogens with zero attached hydrogens (tertiary/aromatic N) is 3. The van der Waals surface area contributed by atoms with Crippen molar-refractivity contribution in [1.29, 1.82) is 0 Å². The van der Waals surface area contributed by atoms with Crippen LogP contribution in [0.3, 0.4) is 0 Å². The predicted octanol–water partition coefficient (Wildman–Crippen LogP) is 0.000220. The van der Waals surface area contributed by atoms with Crippen LogP contribution in [0.4, 0.5) is 4.39 Å². The molecule has 2 unspecified atom stereocenters. The number of aromatic amines is 1. The average molecular weight is 289 g/mol.